The van der Waals surface area contributed by atoms with E-state index < -0.39 is 5.56 Å². The predicted octanol–water partition coefficient (Wildman–Crippen LogP) is 3.79. The zero-order valence-electron chi connectivity index (χ0n) is 7.06. The summed E-state index contributed by atoms with van der Waals surface area (Å²) in [6.07, 6.45) is 6.85. The van der Waals surface area contributed by atoms with Gasteiger partial charge in [0.25, 0.3) is 0 Å². The third kappa shape index (κ3) is 3.73. The highest BCUT2D eigenvalue weighted by Crippen LogP contribution is 2.29. The van der Waals surface area contributed by atoms with E-state index in [1.165, 1.54) is 32.1 Å². The summed E-state index contributed by atoms with van der Waals surface area (Å²) >= 11 is 7.06. The summed E-state index contributed by atoms with van der Waals surface area (Å²) in [5.41, 5.74) is -0.0131. The lowest BCUT2D eigenvalue weighted by Gasteiger charge is -2.26. The molecule has 0 heterocycles. The molecule has 1 rings (SSSR count). The Bertz CT molecular complexity index is 155. The van der Waals surface area contributed by atoms with E-state index in [1.807, 2.05) is 5.70 Å². The molecular weight excluding hydrogens is 300 g/mol. The number of halogens is 2. The van der Waals surface area contributed by atoms with Gasteiger partial charge in [0.05, 0.1) is 0 Å². The molecule has 1 aliphatic rings. The van der Waals surface area contributed by atoms with Gasteiger partial charge in [-0.15, -0.1) is 6.58 Å². The minimum atomic E-state index is -1.88. The van der Waals surface area contributed by atoms with Gasteiger partial charge in [-0.3, -0.25) is 0 Å². The van der Waals surface area contributed by atoms with Gasteiger partial charge in [0, 0.05) is 6.10 Å². The van der Waals surface area contributed by atoms with Gasteiger partial charge in [0.1, 0.15) is 0 Å². The van der Waals surface area contributed by atoms with Crippen LogP contribution in [0.1, 0.15) is 32.1 Å². The molecular formula is C8H14Br2OSi. The van der Waals surface area contributed by atoms with E-state index in [4.69, 9.17) is 4.43 Å². The first-order chi connectivity index (χ1) is 5.64. The highest BCUT2D eigenvalue weighted by atomic mass is 79.9. The number of hydrogen-bond acceptors (Lipinski definition) is 1. The normalized spacial score (nSPS) is 20.8. The molecule has 1 aliphatic carbocycles. The van der Waals surface area contributed by atoms with Crippen LogP contribution >= 0.6 is 30.6 Å². The van der Waals surface area contributed by atoms with E-state index >= 15 is 0 Å². The average molecular weight is 314 g/mol. The third-order valence-corrected chi connectivity index (χ3v) is 6.30. The largest absolute Gasteiger partial charge is 0.393 e. The SMILES string of the molecule is C=C[Si](Br)(Br)OC1CCCCC1. The quantitative estimate of drug-likeness (QED) is 0.569. The second kappa shape index (κ2) is 4.93. The topological polar surface area (TPSA) is 9.23 Å². The molecule has 1 fully saturated rings. The molecule has 0 aromatic heterocycles. The van der Waals surface area contributed by atoms with Crippen LogP contribution < -0.4 is 0 Å². The molecule has 1 nitrogen and oxygen atoms in total. The minimum Gasteiger partial charge on any atom is -0.393 e. The van der Waals surface area contributed by atoms with Gasteiger partial charge in [-0.1, -0.05) is 55.5 Å². The maximum absolute atomic E-state index is 5.88. The van der Waals surface area contributed by atoms with Crippen LogP contribution in [0.15, 0.2) is 12.3 Å². The molecule has 0 N–H and O–H groups in total. The molecule has 0 aromatic carbocycles. The summed E-state index contributed by atoms with van der Waals surface area (Å²) < 4.78 is 5.88. The van der Waals surface area contributed by atoms with E-state index in [1.54, 1.807) is 0 Å². The molecule has 12 heavy (non-hydrogen) atoms. The lowest BCUT2D eigenvalue weighted by Crippen LogP contribution is -2.29. The van der Waals surface area contributed by atoms with Crippen LogP contribution in [0.2, 0.25) is 0 Å². The lowest BCUT2D eigenvalue weighted by atomic mass is 9.98. The molecule has 0 saturated heterocycles. The highest BCUT2D eigenvalue weighted by molar-refractivity contribution is 9.51. The Morgan fingerprint density at radius 3 is 2.33 bits per heavy atom. The minimum absolute atomic E-state index is 0.446. The summed E-state index contributed by atoms with van der Waals surface area (Å²) in [5.74, 6) is 0. The van der Waals surface area contributed by atoms with Crippen molar-refractivity contribution in [2.45, 2.75) is 38.2 Å². The molecule has 0 atom stereocenters. The van der Waals surface area contributed by atoms with Crippen LogP contribution in [0, 0.1) is 0 Å². The van der Waals surface area contributed by atoms with E-state index in [-0.39, 0.29) is 0 Å². The standard InChI is InChI=1S/C8H14Br2OSi/c1-2-12(9,10)11-8-6-4-3-5-7-8/h2,8H,1,3-7H2. The molecule has 0 spiro atoms. The second-order valence-electron chi connectivity index (χ2n) is 3.14. The molecule has 0 radical (unpaired) electrons. The Balaban J connectivity index is 2.33. The first-order valence-electron chi connectivity index (χ1n) is 4.33. The molecule has 0 aliphatic heterocycles. The smallest absolute Gasteiger partial charge is 0.361 e. The Labute approximate surface area is 90.8 Å². The zero-order valence-corrected chi connectivity index (χ0v) is 11.2. The van der Waals surface area contributed by atoms with Gasteiger partial charge in [-0.05, 0) is 12.8 Å². The molecule has 4 heteroatoms. The first-order valence-corrected chi connectivity index (χ1v) is 10.8. The van der Waals surface area contributed by atoms with Gasteiger partial charge >= 0.3 is 5.56 Å². The molecule has 0 aromatic rings. The molecule has 1 saturated carbocycles. The summed E-state index contributed by atoms with van der Waals surface area (Å²) in [4.78, 5) is 0. The van der Waals surface area contributed by atoms with Gasteiger partial charge < -0.3 is 4.43 Å². The Morgan fingerprint density at radius 1 is 1.25 bits per heavy atom. The molecule has 0 unspecified atom stereocenters. The summed E-state index contributed by atoms with van der Waals surface area (Å²) in [5, 5.41) is 0. The van der Waals surface area contributed by atoms with Crippen molar-refractivity contribution < 1.29 is 4.43 Å². The van der Waals surface area contributed by atoms with Gasteiger partial charge in [0.15, 0.2) is 0 Å². The average Bonchev–Trinajstić information content (AvgIpc) is 2.06. The summed E-state index contributed by atoms with van der Waals surface area (Å²) in [7, 11) is 0. The third-order valence-electron chi connectivity index (χ3n) is 2.11. The number of rotatable bonds is 3. The highest BCUT2D eigenvalue weighted by Gasteiger charge is 2.29. The van der Waals surface area contributed by atoms with Crippen molar-refractivity contribution in [2.24, 2.45) is 0 Å². The maximum Gasteiger partial charge on any atom is 0.361 e. The molecule has 70 valence electrons. The van der Waals surface area contributed by atoms with Crippen molar-refractivity contribution in [2.75, 3.05) is 0 Å². The Kier molecular flexibility index (Phi) is 4.50. The lowest BCUT2D eigenvalue weighted by molar-refractivity contribution is 0.161. The predicted molar refractivity (Wildman–Crippen MR) is 61.8 cm³/mol. The van der Waals surface area contributed by atoms with E-state index in [9.17, 15) is 0 Å². The van der Waals surface area contributed by atoms with E-state index in [0.717, 1.165) is 0 Å². The fraction of sp³-hybridized carbons (Fsp3) is 0.750. The van der Waals surface area contributed by atoms with Crippen molar-refractivity contribution in [1.82, 2.24) is 0 Å². The summed E-state index contributed by atoms with van der Waals surface area (Å²) in [6, 6.07) is 0. The van der Waals surface area contributed by atoms with Crippen LogP contribution in [-0.4, -0.2) is 11.7 Å². The van der Waals surface area contributed by atoms with E-state index in [2.05, 4.69) is 37.2 Å². The van der Waals surface area contributed by atoms with Gasteiger partial charge in [0.2, 0.25) is 0 Å². The summed E-state index contributed by atoms with van der Waals surface area (Å²) in [6.45, 7) is 3.74. The Hall–Kier alpha value is 0.877. The van der Waals surface area contributed by atoms with Crippen molar-refractivity contribution in [3.63, 3.8) is 0 Å². The first kappa shape index (κ1) is 11.0. The van der Waals surface area contributed by atoms with Crippen LogP contribution in [-0.2, 0) is 4.43 Å². The van der Waals surface area contributed by atoms with Crippen molar-refractivity contribution >= 4 is 36.1 Å². The van der Waals surface area contributed by atoms with Crippen molar-refractivity contribution in [3.05, 3.63) is 12.3 Å². The van der Waals surface area contributed by atoms with E-state index in [0.29, 0.717) is 6.10 Å². The maximum atomic E-state index is 5.88. The van der Waals surface area contributed by atoms with Crippen molar-refractivity contribution in [3.8, 4) is 0 Å². The monoisotopic (exact) mass is 312 g/mol. The molecule has 0 amide bonds. The van der Waals surface area contributed by atoms with Crippen LogP contribution in [0.5, 0.6) is 0 Å². The van der Waals surface area contributed by atoms with Crippen LogP contribution in [0.3, 0.4) is 0 Å². The molecule has 0 bridgehead atoms. The van der Waals surface area contributed by atoms with Crippen LogP contribution in [0.4, 0.5) is 0 Å². The van der Waals surface area contributed by atoms with Gasteiger partial charge in [-0.2, -0.15) is 0 Å². The van der Waals surface area contributed by atoms with Gasteiger partial charge in [-0.25, -0.2) is 0 Å². The fourth-order valence-electron chi connectivity index (χ4n) is 1.45. The Morgan fingerprint density at radius 2 is 1.83 bits per heavy atom. The number of hydrogen-bond donors (Lipinski definition) is 0. The van der Waals surface area contributed by atoms with Crippen molar-refractivity contribution in [1.29, 1.82) is 0 Å². The second-order valence-corrected chi connectivity index (χ2v) is 15.2. The fourth-order valence-corrected chi connectivity index (χ4v) is 3.82. The zero-order chi connectivity index (χ0) is 9.03. The van der Waals surface area contributed by atoms with Crippen LogP contribution in [0.25, 0.3) is 0 Å².